The molecule has 0 saturated carbocycles. The number of thiophene rings is 1. The molecule has 1 aliphatic carbocycles. The molecule has 0 fully saturated rings. The first-order valence-electron chi connectivity index (χ1n) is 6.46. The highest BCUT2D eigenvalue weighted by atomic mass is 35.5. The van der Waals surface area contributed by atoms with Crippen LogP contribution in [0.2, 0.25) is 0 Å². The fourth-order valence-electron chi connectivity index (χ4n) is 2.30. The molecule has 1 aromatic heterocycles. The van der Waals surface area contributed by atoms with Gasteiger partial charge in [0.15, 0.2) is 0 Å². The van der Waals surface area contributed by atoms with Gasteiger partial charge >= 0.3 is 0 Å². The molecular weight excluding hydrogens is 296 g/mol. The van der Waals surface area contributed by atoms with E-state index in [4.69, 9.17) is 27.5 Å². The van der Waals surface area contributed by atoms with Gasteiger partial charge in [0.25, 0.3) is 0 Å². The third-order valence-electron chi connectivity index (χ3n) is 3.33. The normalized spacial score (nSPS) is 26.1. The van der Waals surface area contributed by atoms with Crippen LogP contribution in [-0.4, -0.2) is 52.5 Å². The van der Waals surface area contributed by atoms with E-state index in [0.717, 1.165) is 11.1 Å². The van der Waals surface area contributed by atoms with Gasteiger partial charge in [-0.15, -0.1) is 0 Å². The Morgan fingerprint density at radius 3 is 2.60 bits per heavy atom. The number of hydrogen-bond acceptors (Lipinski definition) is 5. The summed E-state index contributed by atoms with van der Waals surface area (Å²) >= 11 is 8.27. The molecule has 1 aliphatic rings. The molecule has 0 aliphatic heterocycles. The van der Waals surface area contributed by atoms with E-state index < -0.39 is 5.00 Å². The maximum atomic E-state index is 9.16. The molecule has 2 rings (SSSR count). The Balaban J connectivity index is 2.32. The maximum Gasteiger partial charge on any atom is 0.134 e. The Labute approximate surface area is 127 Å². The SMILES string of the molecule is NC1C=CC(Cl)(N(CCO)CCO)C=C1c1ccsc1. The lowest BCUT2D eigenvalue weighted by molar-refractivity contribution is 0.139. The lowest BCUT2D eigenvalue weighted by atomic mass is 9.93. The lowest BCUT2D eigenvalue weighted by Gasteiger charge is -2.37. The first-order chi connectivity index (χ1) is 9.60. The molecule has 0 amide bonds. The number of nitrogens with zero attached hydrogens (tertiary/aromatic N) is 1. The predicted octanol–water partition coefficient (Wildman–Crippen LogP) is 1.25. The molecular formula is C14H19ClN2O2S. The van der Waals surface area contributed by atoms with Crippen molar-refractivity contribution in [2.24, 2.45) is 5.73 Å². The highest BCUT2D eigenvalue weighted by Gasteiger charge is 2.33. The van der Waals surface area contributed by atoms with Crippen LogP contribution < -0.4 is 5.73 Å². The summed E-state index contributed by atoms with van der Waals surface area (Å²) < 4.78 is 0. The van der Waals surface area contributed by atoms with Crippen LogP contribution in [0.4, 0.5) is 0 Å². The first kappa shape index (κ1) is 15.7. The average molecular weight is 315 g/mol. The minimum Gasteiger partial charge on any atom is -0.395 e. The summed E-state index contributed by atoms with van der Waals surface area (Å²) in [4.78, 5) is 0.960. The molecule has 1 aromatic rings. The molecule has 1 heterocycles. The van der Waals surface area contributed by atoms with Crippen LogP contribution in [0.1, 0.15) is 5.56 Å². The Hall–Kier alpha value is -0.690. The zero-order chi connectivity index (χ0) is 14.6. The van der Waals surface area contributed by atoms with Gasteiger partial charge in [-0.1, -0.05) is 17.7 Å². The maximum absolute atomic E-state index is 9.16. The second-order valence-electron chi connectivity index (χ2n) is 4.66. The lowest BCUT2D eigenvalue weighted by Crippen LogP contribution is -2.46. The fourth-order valence-corrected chi connectivity index (χ4v) is 3.33. The first-order valence-corrected chi connectivity index (χ1v) is 7.79. The number of hydrogen-bond donors (Lipinski definition) is 3. The zero-order valence-corrected chi connectivity index (χ0v) is 12.6. The number of rotatable bonds is 6. The van der Waals surface area contributed by atoms with E-state index in [1.54, 1.807) is 11.3 Å². The van der Waals surface area contributed by atoms with Gasteiger partial charge < -0.3 is 15.9 Å². The number of aliphatic hydroxyl groups is 2. The Morgan fingerprint density at radius 2 is 2.05 bits per heavy atom. The van der Waals surface area contributed by atoms with Gasteiger partial charge in [0.2, 0.25) is 0 Å². The van der Waals surface area contributed by atoms with Crippen LogP contribution in [-0.2, 0) is 0 Å². The monoisotopic (exact) mass is 314 g/mol. The van der Waals surface area contributed by atoms with Crippen molar-refractivity contribution in [3.8, 4) is 0 Å². The number of aliphatic hydroxyl groups excluding tert-OH is 2. The summed E-state index contributed by atoms with van der Waals surface area (Å²) in [6.45, 7) is 0.736. The quantitative estimate of drug-likeness (QED) is 0.420. The second-order valence-corrected chi connectivity index (χ2v) is 6.04. The molecule has 2 atom stereocenters. The summed E-state index contributed by atoms with van der Waals surface area (Å²) in [7, 11) is 0. The number of nitrogens with two attached hydrogens (primary N) is 1. The molecule has 4 nitrogen and oxygen atoms in total. The highest BCUT2D eigenvalue weighted by molar-refractivity contribution is 7.08. The van der Waals surface area contributed by atoms with Gasteiger partial charge in [-0.25, -0.2) is 0 Å². The van der Waals surface area contributed by atoms with Gasteiger partial charge in [-0.3, -0.25) is 4.90 Å². The van der Waals surface area contributed by atoms with Crippen molar-refractivity contribution >= 4 is 28.5 Å². The highest BCUT2D eigenvalue weighted by Crippen LogP contribution is 2.34. The second kappa shape index (κ2) is 6.85. The standard InChI is InChI=1S/C14H19ClN2O2S/c15-14(17(4-6-18)5-7-19)3-1-13(16)12(9-14)11-2-8-20-10-11/h1-3,8-10,13,18-19H,4-7,16H2. The summed E-state index contributed by atoms with van der Waals surface area (Å²) in [5, 5.41) is 22.3. The van der Waals surface area contributed by atoms with E-state index in [1.807, 2.05) is 40.0 Å². The van der Waals surface area contributed by atoms with E-state index in [2.05, 4.69) is 0 Å². The van der Waals surface area contributed by atoms with Gasteiger partial charge in [0.1, 0.15) is 5.00 Å². The van der Waals surface area contributed by atoms with Crippen molar-refractivity contribution in [2.75, 3.05) is 26.3 Å². The Kier molecular flexibility index (Phi) is 5.37. The van der Waals surface area contributed by atoms with Gasteiger partial charge in [0.05, 0.1) is 13.2 Å². The van der Waals surface area contributed by atoms with E-state index in [1.165, 1.54) is 0 Å². The summed E-state index contributed by atoms with van der Waals surface area (Å²) in [5.74, 6) is 0. The van der Waals surface area contributed by atoms with Crippen molar-refractivity contribution in [2.45, 2.75) is 11.0 Å². The van der Waals surface area contributed by atoms with Crippen molar-refractivity contribution in [1.29, 1.82) is 0 Å². The Bertz CT molecular complexity index is 483. The molecule has 4 N–H and O–H groups in total. The van der Waals surface area contributed by atoms with Crippen molar-refractivity contribution < 1.29 is 10.2 Å². The van der Waals surface area contributed by atoms with E-state index >= 15 is 0 Å². The summed E-state index contributed by atoms with van der Waals surface area (Å²) in [6, 6.07) is 1.82. The third-order valence-corrected chi connectivity index (χ3v) is 4.49. The smallest absolute Gasteiger partial charge is 0.134 e. The molecule has 0 radical (unpaired) electrons. The molecule has 110 valence electrons. The average Bonchev–Trinajstić information content (AvgIpc) is 2.95. The number of halogens is 1. The minimum absolute atomic E-state index is 0.0179. The number of alkyl halides is 1. The molecule has 2 unspecified atom stereocenters. The molecule has 0 saturated heterocycles. The van der Waals surface area contributed by atoms with Gasteiger partial charge in [0, 0.05) is 19.1 Å². The van der Waals surface area contributed by atoms with E-state index in [0.29, 0.717) is 13.1 Å². The molecule has 6 heteroatoms. The third kappa shape index (κ3) is 3.31. The van der Waals surface area contributed by atoms with Crippen LogP contribution in [0.5, 0.6) is 0 Å². The van der Waals surface area contributed by atoms with Crippen LogP contribution in [0, 0.1) is 0 Å². The Morgan fingerprint density at radius 1 is 1.35 bits per heavy atom. The van der Waals surface area contributed by atoms with Gasteiger partial charge in [-0.05, 0) is 40.1 Å². The van der Waals surface area contributed by atoms with Crippen LogP contribution >= 0.6 is 22.9 Å². The topological polar surface area (TPSA) is 69.7 Å². The zero-order valence-electron chi connectivity index (χ0n) is 11.1. The molecule has 20 heavy (non-hydrogen) atoms. The van der Waals surface area contributed by atoms with Gasteiger partial charge in [-0.2, -0.15) is 11.3 Å². The summed E-state index contributed by atoms with van der Waals surface area (Å²) in [5.41, 5.74) is 8.14. The van der Waals surface area contributed by atoms with Crippen molar-refractivity contribution in [3.63, 3.8) is 0 Å². The predicted molar refractivity (Wildman–Crippen MR) is 83.7 cm³/mol. The molecule has 0 bridgehead atoms. The summed E-state index contributed by atoms with van der Waals surface area (Å²) in [6.07, 6.45) is 5.59. The largest absolute Gasteiger partial charge is 0.395 e. The van der Waals surface area contributed by atoms with Crippen molar-refractivity contribution in [3.05, 3.63) is 40.6 Å². The van der Waals surface area contributed by atoms with Crippen LogP contribution in [0.15, 0.2) is 35.1 Å². The minimum atomic E-state index is -0.862. The molecule has 0 spiro atoms. The van der Waals surface area contributed by atoms with Crippen LogP contribution in [0.3, 0.4) is 0 Å². The van der Waals surface area contributed by atoms with Crippen LogP contribution in [0.25, 0.3) is 5.57 Å². The van der Waals surface area contributed by atoms with Crippen molar-refractivity contribution in [1.82, 2.24) is 4.90 Å². The van der Waals surface area contributed by atoms with E-state index in [9.17, 15) is 0 Å². The fraction of sp³-hybridized carbons (Fsp3) is 0.429. The van der Waals surface area contributed by atoms with E-state index in [-0.39, 0.29) is 19.3 Å². The molecule has 0 aromatic carbocycles.